The number of hydrogen-bond donors (Lipinski definition) is 2. The number of aromatic nitrogens is 2. The zero-order valence-electron chi connectivity index (χ0n) is 29.5. The molecule has 7 nitrogen and oxygen atoms in total. The molecule has 0 spiro atoms. The van der Waals surface area contributed by atoms with Gasteiger partial charge in [-0.2, -0.15) is 0 Å². The van der Waals surface area contributed by atoms with Gasteiger partial charge in [0.15, 0.2) is 0 Å². The molecule has 0 saturated heterocycles. The summed E-state index contributed by atoms with van der Waals surface area (Å²) < 4.78 is 13.7. The lowest BCUT2D eigenvalue weighted by Crippen LogP contribution is -2.23. The SMILES string of the molecule is C=C(C)C1CCC(C)=CC1c1c(O)cc(CCCCC)cc1OC(=O)n1c(C)cc(C)c1/C=c1\[nH]c(=C2C=c3ccccc3=N2)cc1OC. The first-order chi connectivity index (χ1) is 23.6. The van der Waals surface area contributed by atoms with Gasteiger partial charge < -0.3 is 19.6 Å². The number of rotatable bonds is 9. The molecular formula is C42H47N3O4. The fraction of sp³-hybridized carbons (Fsp3) is 0.333. The number of hydrogen-bond acceptors (Lipinski definition) is 5. The van der Waals surface area contributed by atoms with E-state index in [-0.39, 0.29) is 17.6 Å². The number of benzene rings is 2. The van der Waals surface area contributed by atoms with Crippen LogP contribution in [0.1, 0.15) is 86.9 Å². The van der Waals surface area contributed by atoms with Gasteiger partial charge in [0, 0.05) is 28.5 Å². The highest BCUT2D eigenvalue weighted by Gasteiger charge is 2.32. The first-order valence-electron chi connectivity index (χ1n) is 17.3. The second kappa shape index (κ2) is 14.2. The van der Waals surface area contributed by atoms with Crippen LogP contribution in [0.5, 0.6) is 17.2 Å². The van der Waals surface area contributed by atoms with Crippen LogP contribution in [0.25, 0.3) is 17.8 Å². The highest BCUT2D eigenvalue weighted by atomic mass is 16.6. The minimum atomic E-state index is -0.540. The minimum absolute atomic E-state index is 0.126. The van der Waals surface area contributed by atoms with Gasteiger partial charge in [-0.3, -0.25) is 0 Å². The predicted octanol–water partition coefficient (Wildman–Crippen LogP) is 6.99. The number of methoxy groups -OCH3 is 1. The van der Waals surface area contributed by atoms with Crippen molar-refractivity contribution >= 4 is 23.9 Å². The largest absolute Gasteiger partial charge is 0.507 e. The zero-order chi connectivity index (χ0) is 34.8. The molecule has 2 aromatic heterocycles. The second-order valence-electron chi connectivity index (χ2n) is 13.6. The number of aromatic amines is 1. The molecule has 0 bridgehead atoms. The number of carbonyl (C=O) groups excluding carboxylic acids is 1. The van der Waals surface area contributed by atoms with E-state index in [0.717, 1.165) is 82.5 Å². The fourth-order valence-corrected chi connectivity index (χ4v) is 7.26. The van der Waals surface area contributed by atoms with Gasteiger partial charge in [-0.15, -0.1) is 0 Å². The molecule has 2 N–H and O–H groups in total. The smallest absolute Gasteiger partial charge is 0.424 e. The van der Waals surface area contributed by atoms with Crippen LogP contribution in [-0.4, -0.2) is 27.9 Å². The highest BCUT2D eigenvalue weighted by molar-refractivity contribution is 5.80. The van der Waals surface area contributed by atoms with E-state index in [0.29, 0.717) is 28.1 Å². The number of aromatic hydroxyl groups is 1. The summed E-state index contributed by atoms with van der Waals surface area (Å²) >= 11 is 0. The molecule has 1 aliphatic carbocycles. The van der Waals surface area contributed by atoms with Gasteiger partial charge in [0.1, 0.15) is 17.2 Å². The normalized spacial score (nSPS) is 18.4. The number of phenols is 1. The number of nitrogens with zero attached hydrogens (tertiary/aromatic N) is 2. The molecule has 0 radical (unpaired) electrons. The molecule has 4 aromatic rings. The summed E-state index contributed by atoms with van der Waals surface area (Å²) in [7, 11) is 1.63. The molecule has 7 heteroatoms. The number of carbonyl (C=O) groups is 1. The number of para-hydroxylation sites is 1. The number of allylic oxidation sites excluding steroid dienone is 3. The molecule has 0 fully saturated rings. The fourth-order valence-electron chi connectivity index (χ4n) is 7.26. The maximum atomic E-state index is 14.3. The van der Waals surface area contributed by atoms with Crippen LogP contribution in [0.15, 0.2) is 77.3 Å². The Morgan fingerprint density at radius 2 is 1.92 bits per heavy atom. The van der Waals surface area contributed by atoms with Crippen molar-refractivity contribution in [3.8, 4) is 17.2 Å². The summed E-state index contributed by atoms with van der Waals surface area (Å²) in [4.78, 5) is 22.5. The van der Waals surface area contributed by atoms with Crippen molar-refractivity contribution < 1.29 is 19.4 Å². The average molecular weight is 658 g/mol. The Hall–Kier alpha value is -5.04. The zero-order valence-corrected chi connectivity index (χ0v) is 29.5. The van der Waals surface area contributed by atoms with Gasteiger partial charge in [-0.05, 0) is 107 Å². The Morgan fingerprint density at radius 3 is 2.65 bits per heavy atom. The summed E-state index contributed by atoms with van der Waals surface area (Å²) in [5, 5.41) is 15.1. The summed E-state index contributed by atoms with van der Waals surface area (Å²) in [6, 6.07) is 15.7. The van der Waals surface area contributed by atoms with Crippen LogP contribution in [0.2, 0.25) is 0 Å². The Morgan fingerprint density at radius 1 is 1.12 bits per heavy atom. The Balaban J connectivity index is 1.44. The predicted molar refractivity (Wildman–Crippen MR) is 196 cm³/mol. The first-order valence-corrected chi connectivity index (χ1v) is 17.3. The lowest BCUT2D eigenvalue weighted by molar-refractivity contribution is 0.200. The van der Waals surface area contributed by atoms with Gasteiger partial charge >= 0.3 is 6.09 Å². The van der Waals surface area contributed by atoms with Crippen LogP contribution in [0.4, 0.5) is 4.79 Å². The average Bonchev–Trinajstić information content (AvgIpc) is 3.75. The monoisotopic (exact) mass is 657 g/mol. The number of H-pyrrole nitrogens is 1. The third kappa shape index (κ3) is 6.93. The third-order valence-corrected chi connectivity index (χ3v) is 9.82. The highest BCUT2D eigenvalue weighted by Crippen LogP contribution is 2.47. The Kier molecular flexibility index (Phi) is 9.81. The molecule has 2 aromatic carbocycles. The van der Waals surface area contributed by atoms with Crippen molar-refractivity contribution in [3.05, 3.63) is 122 Å². The Bertz CT molecular complexity index is 2180. The first kappa shape index (κ1) is 33.8. The second-order valence-corrected chi connectivity index (χ2v) is 13.6. The molecule has 2 unspecified atom stereocenters. The van der Waals surface area contributed by atoms with Gasteiger partial charge in [0.2, 0.25) is 0 Å². The van der Waals surface area contributed by atoms with Crippen LogP contribution < -0.4 is 30.7 Å². The maximum Gasteiger partial charge on any atom is 0.424 e. The van der Waals surface area contributed by atoms with Gasteiger partial charge in [-0.25, -0.2) is 14.4 Å². The maximum absolute atomic E-state index is 14.3. The minimum Gasteiger partial charge on any atom is -0.507 e. The molecular weight excluding hydrogens is 610 g/mol. The van der Waals surface area contributed by atoms with Crippen molar-refractivity contribution in [1.82, 2.24) is 9.55 Å². The molecule has 1 aliphatic heterocycles. The lowest BCUT2D eigenvalue weighted by atomic mass is 9.73. The molecule has 254 valence electrons. The van der Waals surface area contributed by atoms with Crippen LogP contribution in [0, 0.1) is 19.8 Å². The van der Waals surface area contributed by atoms with Crippen molar-refractivity contribution in [2.75, 3.05) is 7.11 Å². The number of unbranched alkanes of at least 4 members (excludes halogenated alkanes) is 2. The third-order valence-electron chi connectivity index (χ3n) is 9.82. The summed E-state index contributed by atoms with van der Waals surface area (Å²) in [5.41, 5.74) is 7.03. The number of nitrogens with one attached hydrogen (secondary N) is 1. The summed E-state index contributed by atoms with van der Waals surface area (Å²) in [6.45, 7) is 14.5. The molecule has 0 amide bonds. The van der Waals surface area contributed by atoms with E-state index in [1.165, 1.54) is 5.57 Å². The topological polar surface area (TPSA) is 88.8 Å². The van der Waals surface area contributed by atoms with E-state index in [4.69, 9.17) is 14.5 Å². The van der Waals surface area contributed by atoms with E-state index < -0.39 is 6.09 Å². The van der Waals surface area contributed by atoms with Crippen molar-refractivity contribution in [3.63, 3.8) is 0 Å². The van der Waals surface area contributed by atoms with Crippen molar-refractivity contribution in [2.24, 2.45) is 10.9 Å². The lowest BCUT2D eigenvalue weighted by Gasteiger charge is -2.32. The number of fused-ring (bicyclic) bond motifs is 1. The molecule has 3 heterocycles. The molecule has 2 aliphatic rings. The van der Waals surface area contributed by atoms with Crippen LogP contribution >= 0.6 is 0 Å². The van der Waals surface area contributed by atoms with Gasteiger partial charge in [0.25, 0.3) is 0 Å². The van der Waals surface area contributed by atoms with E-state index in [2.05, 4.69) is 31.5 Å². The van der Waals surface area contributed by atoms with Gasteiger partial charge in [-0.1, -0.05) is 61.8 Å². The van der Waals surface area contributed by atoms with E-state index >= 15 is 0 Å². The van der Waals surface area contributed by atoms with E-state index in [1.807, 2.05) is 81.5 Å². The van der Waals surface area contributed by atoms with Crippen molar-refractivity contribution in [2.45, 2.75) is 79.1 Å². The van der Waals surface area contributed by atoms with Crippen molar-refractivity contribution in [1.29, 1.82) is 0 Å². The van der Waals surface area contributed by atoms with Gasteiger partial charge in [0.05, 0.1) is 34.6 Å². The molecule has 2 atom stereocenters. The quantitative estimate of drug-likeness (QED) is 0.150. The summed E-state index contributed by atoms with van der Waals surface area (Å²) in [6.07, 6.45) is 11.5. The molecule has 49 heavy (non-hydrogen) atoms. The van der Waals surface area contributed by atoms with Crippen LogP contribution in [0.3, 0.4) is 0 Å². The van der Waals surface area contributed by atoms with Crippen LogP contribution in [-0.2, 0) is 6.42 Å². The molecule has 6 rings (SSSR count). The van der Waals surface area contributed by atoms with E-state index in [9.17, 15) is 9.90 Å². The number of phenolic OH excluding ortho intramolecular Hbond substituents is 1. The Labute approximate surface area is 288 Å². The molecule has 0 saturated carbocycles. The summed E-state index contributed by atoms with van der Waals surface area (Å²) in [5.74, 6) is 1.16. The number of aryl methyl sites for hydroxylation is 3. The van der Waals surface area contributed by atoms with E-state index in [1.54, 1.807) is 11.7 Å². The standard InChI is InChI=1S/C42H47N3O4/c1-8-9-10-13-29-20-38(46)41(32-18-26(4)16-17-31(32)25(2)3)40(21-29)49-42(47)45-28(6)19-27(5)37(45)23-36-39(48-7)24-35(44-36)34-22-30-14-11-12-15-33(30)43-34/h11-12,14-15,18-24,31-32,44,46H,2,8-10,13,16-17H2,1,3-7H3/b35-34?,36-23-. The number of ether oxygens (including phenoxy) is 2.